The van der Waals surface area contributed by atoms with Gasteiger partial charge >= 0.3 is 6.18 Å². The number of sulfonamides is 1. The third kappa shape index (κ3) is 3.91. The second-order valence-corrected chi connectivity index (χ2v) is 9.60. The van der Waals surface area contributed by atoms with Crippen LogP contribution in [0.25, 0.3) is 0 Å². The first-order valence-electron chi connectivity index (χ1n) is 9.58. The summed E-state index contributed by atoms with van der Waals surface area (Å²) in [4.78, 5) is -0.563. The van der Waals surface area contributed by atoms with Crippen molar-refractivity contribution in [1.29, 1.82) is 10.5 Å². The zero-order chi connectivity index (χ0) is 24.2. The average molecular weight is 481 g/mol. The second kappa shape index (κ2) is 7.70. The van der Waals surface area contributed by atoms with Crippen LogP contribution in [0.3, 0.4) is 0 Å². The summed E-state index contributed by atoms with van der Waals surface area (Å²) in [7, 11) is -4.38. The molecule has 2 aromatic rings. The van der Waals surface area contributed by atoms with Crippen molar-refractivity contribution in [3.63, 3.8) is 0 Å². The van der Waals surface area contributed by atoms with Crippen LogP contribution in [0.2, 0.25) is 0 Å². The van der Waals surface area contributed by atoms with Crippen molar-refractivity contribution in [2.75, 3.05) is 13.1 Å². The number of nitrogens with zero attached hydrogens (tertiary/aromatic N) is 3. The molecule has 7 nitrogen and oxygen atoms in total. The predicted molar refractivity (Wildman–Crippen MR) is 104 cm³/mol. The van der Waals surface area contributed by atoms with Gasteiger partial charge in [0.1, 0.15) is 35.4 Å². The minimum absolute atomic E-state index is 0.0602. The Balaban J connectivity index is 1.64. The number of halogens is 4. The molecule has 0 aromatic heterocycles. The number of hydrogen-bond acceptors (Lipinski definition) is 6. The van der Waals surface area contributed by atoms with Crippen molar-refractivity contribution in [2.24, 2.45) is 0 Å². The largest absolute Gasteiger partial charge is 0.486 e. The zero-order valence-corrected chi connectivity index (χ0v) is 17.7. The van der Waals surface area contributed by atoms with E-state index in [9.17, 15) is 31.2 Å². The first-order chi connectivity index (χ1) is 15.4. The van der Waals surface area contributed by atoms with Crippen LogP contribution in [-0.2, 0) is 20.9 Å². The highest BCUT2D eigenvalue weighted by molar-refractivity contribution is 7.89. The normalized spacial score (nSPS) is 24.9. The fourth-order valence-corrected chi connectivity index (χ4v) is 5.49. The molecule has 33 heavy (non-hydrogen) atoms. The summed E-state index contributed by atoms with van der Waals surface area (Å²) in [6.07, 6.45) is -5.98. The van der Waals surface area contributed by atoms with Crippen molar-refractivity contribution in [3.05, 3.63) is 58.9 Å². The Labute approximate surface area is 186 Å². The highest BCUT2D eigenvalue weighted by Gasteiger charge is 2.66. The summed E-state index contributed by atoms with van der Waals surface area (Å²) >= 11 is 0. The van der Waals surface area contributed by atoms with Gasteiger partial charge in [-0.2, -0.15) is 28.0 Å². The van der Waals surface area contributed by atoms with Gasteiger partial charge in [-0.05, 0) is 37.3 Å². The smallest absolute Gasteiger partial charge is 0.416 e. The van der Waals surface area contributed by atoms with Crippen LogP contribution in [0.1, 0.15) is 23.6 Å². The van der Waals surface area contributed by atoms with Gasteiger partial charge in [-0.1, -0.05) is 0 Å². The molecule has 2 unspecified atom stereocenters. The van der Waals surface area contributed by atoms with Gasteiger partial charge in [0, 0.05) is 12.6 Å². The lowest BCUT2D eigenvalue weighted by Gasteiger charge is -2.18. The number of benzene rings is 2. The summed E-state index contributed by atoms with van der Waals surface area (Å²) < 4.78 is 91.7. The van der Waals surface area contributed by atoms with Crippen LogP contribution < -0.4 is 4.74 Å². The van der Waals surface area contributed by atoms with Crippen LogP contribution >= 0.6 is 0 Å². The summed E-state index contributed by atoms with van der Waals surface area (Å²) in [6.45, 7) is 1.30. The van der Waals surface area contributed by atoms with Crippen molar-refractivity contribution in [2.45, 2.75) is 35.8 Å². The van der Waals surface area contributed by atoms with E-state index in [-0.39, 0.29) is 24.4 Å². The molecule has 0 radical (unpaired) electrons. The molecule has 12 heteroatoms. The van der Waals surface area contributed by atoms with E-state index in [0.717, 1.165) is 16.4 Å². The molecule has 2 aliphatic rings. The van der Waals surface area contributed by atoms with E-state index in [1.54, 1.807) is 13.0 Å². The molecule has 0 bridgehead atoms. The number of ether oxygens (including phenoxy) is 2. The second-order valence-electron chi connectivity index (χ2n) is 7.69. The number of epoxide rings is 1. The van der Waals surface area contributed by atoms with Crippen LogP contribution in [0.5, 0.6) is 5.75 Å². The molecule has 1 spiro atoms. The molecular weight excluding hydrogens is 466 g/mol. The van der Waals surface area contributed by atoms with Gasteiger partial charge in [0.05, 0.1) is 34.2 Å². The lowest BCUT2D eigenvalue weighted by molar-refractivity contribution is -0.137. The summed E-state index contributed by atoms with van der Waals surface area (Å²) in [5, 5.41) is 18.1. The molecule has 2 fully saturated rings. The number of nitriles is 2. The molecular formula is C21H15F4N3O4S. The monoisotopic (exact) mass is 481 g/mol. The topological polar surface area (TPSA) is 107 Å². The Bertz CT molecular complexity index is 1320. The van der Waals surface area contributed by atoms with Gasteiger partial charge in [0.2, 0.25) is 10.0 Å². The molecule has 172 valence electrons. The Kier molecular flexibility index (Phi) is 5.36. The number of hydrogen-bond donors (Lipinski definition) is 0. The Hall–Kier alpha value is -3.19. The first-order valence-corrected chi connectivity index (χ1v) is 11.0. The molecule has 0 N–H and O–H groups in total. The highest BCUT2D eigenvalue weighted by Crippen LogP contribution is 2.47. The fourth-order valence-electron chi connectivity index (χ4n) is 3.88. The SMILES string of the molecule is CC1OC12CN(S(=O)(=O)c1ccc(C(F)(F)F)cc1C#N)C[C@@H]2Oc1ccc(C#N)c(F)c1. The van der Waals surface area contributed by atoms with E-state index in [2.05, 4.69) is 0 Å². The molecule has 0 amide bonds. The average Bonchev–Trinajstić information content (AvgIpc) is 3.25. The van der Waals surface area contributed by atoms with E-state index in [4.69, 9.17) is 14.7 Å². The van der Waals surface area contributed by atoms with E-state index in [1.807, 2.05) is 0 Å². The number of alkyl halides is 3. The molecule has 2 heterocycles. The predicted octanol–water partition coefficient (Wildman–Crippen LogP) is 3.20. The molecule has 2 saturated heterocycles. The van der Waals surface area contributed by atoms with Crippen molar-refractivity contribution >= 4 is 10.0 Å². The van der Waals surface area contributed by atoms with Crippen LogP contribution in [0.4, 0.5) is 17.6 Å². The van der Waals surface area contributed by atoms with Crippen molar-refractivity contribution in [1.82, 2.24) is 4.31 Å². The molecule has 2 aromatic carbocycles. The third-order valence-corrected chi connectivity index (χ3v) is 7.62. The quantitative estimate of drug-likeness (QED) is 0.491. The van der Waals surface area contributed by atoms with Crippen molar-refractivity contribution < 1.29 is 35.5 Å². The van der Waals surface area contributed by atoms with Crippen molar-refractivity contribution in [3.8, 4) is 17.9 Å². The zero-order valence-electron chi connectivity index (χ0n) is 16.9. The molecule has 3 atom stereocenters. The van der Waals surface area contributed by atoms with Gasteiger partial charge in [-0.15, -0.1) is 0 Å². The van der Waals surface area contributed by atoms with E-state index < -0.39 is 55.8 Å². The summed E-state index contributed by atoms with van der Waals surface area (Å²) in [5.74, 6) is -0.746. The van der Waals surface area contributed by atoms with Crippen LogP contribution in [-0.4, -0.2) is 43.6 Å². The lowest BCUT2D eigenvalue weighted by Crippen LogP contribution is -2.35. The highest BCUT2D eigenvalue weighted by atomic mass is 32.2. The van der Waals surface area contributed by atoms with Gasteiger partial charge in [0.25, 0.3) is 0 Å². The summed E-state index contributed by atoms with van der Waals surface area (Å²) in [5.41, 5.74) is -2.99. The maximum absolute atomic E-state index is 13.9. The minimum Gasteiger partial charge on any atom is -0.486 e. The van der Waals surface area contributed by atoms with E-state index in [0.29, 0.717) is 12.1 Å². The lowest BCUT2D eigenvalue weighted by atomic mass is 10.0. The van der Waals surface area contributed by atoms with Gasteiger partial charge in [-0.3, -0.25) is 0 Å². The fraction of sp³-hybridized carbons (Fsp3) is 0.333. The molecule has 4 rings (SSSR count). The minimum atomic E-state index is -4.74. The van der Waals surface area contributed by atoms with Gasteiger partial charge in [-0.25, -0.2) is 12.8 Å². The summed E-state index contributed by atoms with van der Waals surface area (Å²) in [6, 6.07) is 8.63. The Morgan fingerprint density at radius 2 is 1.82 bits per heavy atom. The van der Waals surface area contributed by atoms with Gasteiger partial charge < -0.3 is 9.47 Å². The maximum Gasteiger partial charge on any atom is 0.416 e. The first kappa shape index (κ1) is 23.0. The Morgan fingerprint density at radius 1 is 1.15 bits per heavy atom. The third-order valence-electron chi connectivity index (χ3n) is 5.75. The molecule has 0 aliphatic carbocycles. The standard InChI is InChI=1S/C21H15F4N3O4S/c1-12-20(32-12)11-28(10-19(20)31-16-4-2-13(8-26)17(22)7-16)33(29,30)18-5-3-15(21(23,24)25)6-14(18)9-27/h2-7,12,19H,10-11H2,1H3/t12?,19-,20?/m0/s1. The maximum atomic E-state index is 13.9. The number of rotatable bonds is 4. The van der Waals surface area contributed by atoms with E-state index >= 15 is 0 Å². The molecule has 2 aliphatic heterocycles. The van der Waals surface area contributed by atoms with Gasteiger partial charge in [0.15, 0.2) is 0 Å². The van der Waals surface area contributed by atoms with Crippen LogP contribution in [0, 0.1) is 28.5 Å². The Morgan fingerprint density at radius 3 is 2.36 bits per heavy atom. The van der Waals surface area contributed by atoms with E-state index in [1.165, 1.54) is 18.2 Å². The van der Waals surface area contributed by atoms with Crippen LogP contribution in [0.15, 0.2) is 41.3 Å². The molecule has 0 saturated carbocycles.